The predicted octanol–water partition coefficient (Wildman–Crippen LogP) is 1.06. The molecule has 0 bridgehead atoms. The highest BCUT2D eigenvalue weighted by atomic mass is 16.5. The summed E-state index contributed by atoms with van der Waals surface area (Å²) >= 11 is 0. The first-order valence-electron chi connectivity index (χ1n) is 7.39. The molecule has 1 aromatic carbocycles. The Balaban J connectivity index is 1.84. The van der Waals surface area contributed by atoms with Crippen molar-refractivity contribution < 1.29 is 14.3 Å². The fraction of sp³-hybridized carbons (Fsp3) is 0.500. The van der Waals surface area contributed by atoms with Crippen LogP contribution in [-0.2, 0) is 14.3 Å². The van der Waals surface area contributed by atoms with Crippen LogP contribution < -0.4 is 10.6 Å². The second-order valence-corrected chi connectivity index (χ2v) is 5.70. The van der Waals surface area contributed by atoms with Crippen LogP contribution in [0.5, 0.6) is 0 Å². The molecule has 2 heterocycles. The minimum absolute atomic E-state index is 0.145. The van der Waals surface area contributed by atoms with E-state index in [9.17, 15) is 9.59 Å². The largest absolute Gasteiger partial charge is 0.384 e. The van der Waals surface area contributed by atoms with Gasteiger partial charge in [0.2, 0.25) is 5.78 Å². The van der Waals surface area contributed by atoms with E-state index in [4.69, 9.17) is 4.74 Å². The Bertz CT molecular complexity index is 552. The maximum absolute atomic E-state index is 11.7. The molecular formula is C16H20N2O3. The zero-order chi connectivity index (χ0) is 14.8. The predicted molar refractivity (Wildman–Crippen MR) is 79.8 cm³/mol. The molecule has 0 saturated carbocycles. The number of hydrogen-bond donors (Lipinski definition) is 2. The lowest BCUT2D eigenvalue weighted by atomic mass is 9.89. The Morgan fingerprint density at radius 3 is 3.00 bits per heavy atom. The van der Waals surface area contributed by atoms with Crippen LogP contribution in [0.3, 0.4) is 0 Å². The Kier molecular flexibility index (Phi) is 4.03. The fourth-order valence-corrected chi connectivity index (χ4v) is 3.09. The molecule has 0 aliphatic carbocycles. The number of ether oxygens (including phenoxy) is 1. The third kappa shape index (κ3) is 2.71. The third-order valence-electron chi connectivity index (χ3n) is 4.45. The number of nitrogens with one attached hydrogen (secondary N) is 2. The number of morpholine rings is 1. The number of benzene rings is 1. The molecule has 1 aromatic rings. The fourth-order valence-electron chi connectivity index (χ4n) is 3.09. The highest BCUT2D eigenvalue weighted by molar-refractivity contribution is 6.28. The Morgan fingerprint density at radius 1 is 1.43 bits per heavy atom. The second-order valence-electron chi connectivity index (χ2n) is 5.70. The minimum Gasteiger partial charge on any atom is -0.384 e. The zero-order valence-electron chi connectivity index (χ0n) is 12.1. The highest BCUT2D eigenvalue weighted by Gasteiger charge is 2.30. The quantitative estimate of drug-likeness (QED) is 0.640. The van der Waals surface area contributed by atoms with Crippen LogP contribution in [-0.4, -0.2) is 44.4 Å². The normalized spacial score (nSPS) is 25.8. The summed E-state index contributed by atoms with van der Waals surface area (Å²) in [6.07, 6.45) is 0.567. The summed E-state index contributed by atoms with van der Waals surface area (Å²) in [5, 5.41) is 6.52. The number of ketones is 1. The van der Waals surface area contributed by atoms with Crippen molar-refractivity contribution in [3.8, 4) is 0 Å². The average molecular weight is 288 g/mol. The summed E-state index contributed by atoms with van der Waals surface area (Å²) in [4.78, 5) is 22.5. The summed E-state index contributed by atoms with van der Waals surface area (Å²) in [7, 11) is 0. The van der Waals surface area contributed by atoms with Crippen molar-refractivity contribution in [1.82, 2.24) is 5.32 Å². The van der Waals surface area contributed by atoms with Gasteiger partial charge in [0, 0.05) is 31.2 Å². The molecule has 0 aromatic heterocycles. The van der Waals surface area contributed by atoms with E-state index in [0.29, 0.717) is 12.8 Å². The summed E-state index contributed by atoms with van der Waals surface area (Å²) in [5.41, 5.74) is 3.03. The molecule has 0 amide bonds. The second kappa shape index (κ2) is 5.95. The lowest BCUT2D eigenvalue weighted by Gasteiger charge is -2.29. The monoisotopic (exact) mass is 288 g/mol. The number of carbonyl (C=O) groups excluding carboxylic acids is 2. The van der Waals surface area contributed by atoms with Gasteiger partial charge in [0.05, 0.1) is 18.6 Å². The number of aldehydes is 1. The summed E-state index contributed by atoms with van der Waals surface area (Å²) < 4.78 is 5.81. The van der Waals surface area contributed by atoms with Crippen molar-refractivity contribution in [2.45, 2.75) is 24.9 Å². The van der Waals surface area contributed by atoms with E-state index in [2.05, 4.69) is 23.6 Å². The van der Waals surface area contributed by atoms with E-state index < -0.39 is 0 Å². The topological polar surface area (TPSA) is 67.4 Å². The van der Waals surface area contributed by atoms with Gasteiger partial charge in [-0.1, -0.05) is 19.1 Å². The Hall–Kier alpha value is -1.72. The van der Waals surface area contributed by atoms with Gasteiger partial charge in [-0.3, -0.25) is 9.59 Å². The van der Waals surface area contributed by atoms with Gasteiger partial charge in [0.15, 0.2) is 6.29 Å². The van der Waals surface area contributed by atoms with Crippen molar-refractivity contribution in [1.29, 1.82) is 0 Å². The summed E-state index contributed by atoms with van der Waals surface area (Å²) in [6.45, 7) is 5.11. The lowest BCUT2D eigenvalue weighted by molar-refractivity contribution is -0.130. The molecule has 112 valence electrons. The molecule has 3 rings (SSSR count). The maximum atomic E-state index is 11.7. The van der Waals surface area contributed by atoms with E-state index in [1.54, 1.807) is 0 Å². The number of hydrogen-bond acceptors (Lipinski definition) is 5. The number of Topliss-reactive ketones (excluding diaryl/α,β-unsaturated/α-hetero) is 1. The van der Waals surface area contributed by atoms with Crippen molar-refractivity contribution in [2.75, 3.05) is 31.6 Å². The van der Waals surface area contributed by atoms with E-state index in [1.807, 2.05) is 12.1 Å². The van der Waals surface area contributed by atoms with Gasteiger partial charge in [-0.25, -0.2) is 0 Å². The van der Waals surface area contributed by atoms with E-state index >= 15 is 0 Å². The van der Waals surface area contributed by atoms with Gasteiger partial charge in [0.1, 0.15) is 0 Å². The SMILES string of the molecule is CC(c1ccc2c(c1)C(C(=O)C=O)CN2)C1CNCCO1. The van der Waals surface area contributed by atoms with Crippen molar-refractivity contribution in [3.63, 3.8) is 0 Å². The van der Waals surface area contributed by atoms with Crippen LogP contribution in [0.2, 0.25) is 0 Å². The molecule has 0 spiro atoms. The van der Waals surface area contributed by atoms with Crippen LogP contribution in [0.1, 0.15) is 29.9 Å². The minimum atomic E-state index is -0.360. The first-order valence-corrected chi connectivity index (χ1v) is 7.39. The number of anilines is 1. The zero-order valence-corrected chi connectivity index (χ0v) is 12.1. The molecule has 3 unspecified atom stereocenters. The number of fused-ring (bicyclic) bond motifs is 1. The lowest BCUT2D eigenvalue weighted by Crippen LogP contribution is -2.41. The van der Waals surface area contributed by atoms with E-state index in [-0.39, 0.29) is 23.7 Å². The van der Waals surface area contributed by atoms with Gasteiger partial charge >= 0.3 is 0 Å². The molecule has 3 atom stereocenters. The Morgan fingerprint density at radius 2 is 2.29 bits per heavy atom. The first kappa shape index (κ1) is 14.2. The molecule has 1 fully saturated rings. The third-order valence-corrected chi connectivity index (χ3v) is 4.45. The number of rotatable bonds is 4. The molecular weight excluding hydrogens is 268 g/mol. The standard InChI is InChI=1S/C16H20N2O3/c1-10(16-8-17-4-5-21-16)11-2-3-14-12(6-11)13(7-18-14)15(20)9-19/h2-3,6,9-10,13,16-18H,4-5,7-8H2,1H3. The molecule has 2 aliphatic heterocycles. The van der Waals surface area contributed by atoms with Crippen LogP contribution in [0.25, 0.3) is 0 Å². The molecule has 5 heteroatoms. The van der Waals surface area contributed by atoms with Gasteiger partial charge in [-0.15, -0.1) is 0 Å². The summed E-state index contributed by atoms with van der Waals surface area (Å²) in [6, 6.07) is 6.11. The number of carbonyl (C=O) groups is 2. The van der Waals surface area contributed by atoms with Crippen molar-refractivity contribution in [2.24, 2.45) is 0 Å². The van der Waals surface area contributed by atoms with Gasteiger partial charge in [0.25, 0.3) is 0 Å². The summed E-state index contributed by atoms with van der Waals surface area (Å²) in [5.74, 6) is -0.465. The van der Waals surface area contributed by atoms with Crippen molar-refractivity contribution >= 4 is 17.8 Å². The van der Waals surface area contributed by atoms with Crippen LogP contribution in [0.15, 0.2) is 18.2 Å². The maximum Gasteiger partial charge on any atom is 0.204 e. The Labute approximate surface area is 124 Å². The molecule has 2 aliphatic rings. The van der Waals surface area contributed by atoms with Gasteiger partial charge in [-0.05, 0) is 17.2 Å². The smallest absolute Gasteiger partial charge is 0.204 e. The highest BCUT2D eigenvalue weighted by Crippen LogP contribution is 2.35. The van der Waals surface area contributed by atoms with Crippen LogP contribution >= 0.6 is 0 Å². The molecule has 0 radical (unpaired) electrons. The first-order chi connectivity index (χ1) is 10.2. The van der Waals surface area contributed by atoms with E-state index in [0.717, 1.165) is 36.5 Å². The van der Waals surface area contributed by atoms with Gasteiger partial charge < -0.3 is 15.4 Å². The molecule has 21 heavy (non-hydrogen) atoms. The molecule has 2 N–H and O–H groups in total. The molecule has 5 nitrogen and oxygen atoms in total. The van der Waals surface area contributed by atoms with Crippen LogP contribution in [0, 0.1) is 0 Å². The van der Waals surface area contributed by atoms with Crippen molar-refractivity contribution in [3.05, 3.63) is 29.3 Å². The average Bonchev–Trinajstić information content (AvgIpc) is 2.97. The van der Waals surface area contributed by atoms with E-state index in [1.165, 1.54) is 0 Å². The van der Waals surface area contributed by atoms with Crippen LogP contribution in [0.4, 0.5) is 5.69 Å². The molecule has 1 saturated heterocycles. The van der Waals surface area contributed by atoms with Gasteiger partial charge in [-0.2, -0.15) is 0 Å².